The van der Waals surface area contributed by atoms with Gasteiger partial charge < -0.3 is 5.11 Å². The molecule has 0 saturated carbocycles. The molecule has 0 bridgehead atoms. The van der Waals surface area contributed by atoms with Gasteiger partial charge in [0, 0.05) is 18.0 Å². The average Bonchev–Trinajstić information content (AvgIpc) is 2.98. The molecule has 3 rings (SSSR count). The minimum absolute atomic E-state index is 0.513. The van der Waals surface area contributed by atoms with Crippen molar-refractivity contribution in [3.63, 3.8) is 0 Å². The first-order chi connectivity index (χ1) is 9.74. The van der Waals surface area contributed by atoms with E-state index in [0.717, 1.165) is 16.7 Å². The summed E-state index contributed by atoms with van der Waals surface area (Å²) in [5, 5.41) is 14.0. The van der Waals surface area contributed by atoms with Gasteiger partial charge in [0.05, 0.1) is 12.3 Å². The quantitative estimate of drug-likeness (QED) is 0.792. The molecule has 0 aliphatic carbocycles. The second kappa shape index (κ2) is 5.27. The van der Waals surface area contributed by atoms with Crippen LogP contribution in [0, 0.1) is 0 Å². The van der Waals surface area contributed by atoms with Gasteiger partial charge in [-0.05, 0) is 30.2 Å². The SMILES string of the molecule is C[C@H](O)c1ccnc(-n2cc(-c3ccccc3)cn2)c1. The van der Waals surface area contributed by atoms with Gasteiger partial charge in [0.25, 0.3) is 0 Å². The fourth-order valence-corrected chi connectivity index (χ4v) is 2.05. The largest absolute Gasteiger partial charge is 0.389 e. The summed E-state index contributed by atoms with van der Waals surface area (Å²) in [5.41, 5.74) is 2.98. The van der Waals surface area contributed by atoms with Crippen molar-refractivity contribution < 1.29 is 5.11 Å². The lowest BCUT2D eigenvalue weighted by molar-refractivity contribution is 0.199. The summed E-state index contributed by atoms with van der Waals surface area (Å²) in [7, 11) is 0. The van der Waals surface area contributed by atoms with Gasteiger partial charge in [-0.25, -0.2) is 9.67 Å². The normalized spacial score (nSPS) is 12.3. The van der Waals surface area contributed by atoms with E-state index in [9.17, 15) is 5.11 Å². The Bertz CT molecular complexity index is 705. The van der Waals surface area contributed by atoms with Gasteiger partial charge in [0.15, 0.2) is 5.82 Å². The molecule has 2 aromatic heterocycles. The number of rotatable bonds is 3. The minimum atomic E-state index is -0.513. The summed E-state index contributed by atoms with van der Waals surface area (Å²) in [5.74, 6) is 0.700. The lowest BCUT2D eigenvalue weighted by Crippen LogP contribution is -2.00. The van der Waals surface area contributed by atoms with Crippen LogP contribution >= 0.6 is 0 Å². The van der Waals surface area contributed by atoms with Gasteiger partial charge in [-0.3, -0.25) is 0 Å². The smallest absolute Gasteiger partial charge is 0.153 e. The predicted octanol–water partition coefficient (Wildman–Crippen LogP) is 2.99. The first kappa shape index (κ1) is 12.6. The third-order valence-corrected chi connectivity index (χ3v) is 3.18. The fraction of sp³-hybridized carbons (Fsp3) is 0.125. The Kier molecular flexibility index (Phi) is 3.31. The molecular formula is C16H15N3O. The second-order valence-electron chi connectivity index (χ2n) is 4.66. The fourth-order valence-electron chi connectivity index (χ4n) is 2.05. The van der Waals surface area contributed by atoms with Crippen molar-refractivity contribution in [2.24, 2.45) is 0 Å². The maximum absolute atomic E-state index is 9.62. The first-order valence-corrected chi connectivity index (χ1v) is 6.48. The third-order valence-electron chi connectivity index (χ3n) is 3.18. The molecule has 4 heteroatoms. The molecule has 3 aromatic rings. The van der Waals surface area contributed by atoms with Gasteiger partial charge in [0.1, 0.15) is 0 Å². The molecule has 0 spiro atoms. The number of benzene rings is 1. The van der Waals surface area contributed by atoms with Gasteiger partial charge in [-0.1, -0.05) is 30.3 Å². The number of aromatic nitrogens is 3. The van der Waals surface area contributed by atoms with E-state index >= 15 is 0 Å². The summed E-state index contributed by atoms with van der Waals surface area (Å²) in [6, 6.07) is 13.7. The number of pyridine rings is 1. The lowest BCUT2D eigenvalue weighted by atomic mass is 10.1. The topological polar surface area (TPSA) is 50.9 Å². The van der Waals surface area contributed by atoms with Crippen LogP contribution in [0.3, 0.4) is 0 Å². The van der Waals surface area contributed by atoms with Gasteiger partial charge in [-0.2, -0.15) is 5.10 Å². The van der Waals surface area contributed by atoms with Crippen molar-refractivity contribution in [3.8, 4) is 16.9 Å². The summed E-state index contributed by atoms with van der Waals surface area (Å²) in [4.78, 5) is 4.29. The highest BCUT2D eigenvalue weighted by Gasteiger charge is 2.06. The summed E-state index contributed by atoms with van der Waals surface area (Å²) >= 11 is 0. The first-order valence-electron chi connectivity index (χ1n) is 6.48. The van der Waals surface area contributed by atoms with Crippen molar-refractivity contribution in [3.05, 3.63) is 66.6 Å². The Morgan fingerprint density at radius 1 is 1.10 bits per heavy atom. The van der Waals surface area contributed by atoms with Gasteiger partial charge in [-0.15, -0.1) is 0 Å². The Balaban J connectivity index is 1.96. The molecule has 0 saturated heterocycles. The molecular weight excluding hydrogens is 250 g/mol. The minimum Gasteiger partial charge on any atom is -0.389 e. The average molecular weight is 265 g/mol. The summed E-state index contributed by atoms with van der Waals surface area (Å²) in [6.45, 7) is 1.73. The molecule has 4 nitrogen and oxygen atoms in total. The predicted molar refractivity (Wildman–Crippen MR) is 77.4 cm³/mol. The maximum atomic E-state index is 9.62. The highest BCUT2D eigenvalue weighted by Crippen LogP contribution is 2.20. The van der Waals surface area contributed by atoms with E-state index < -0.39 is 6.10 Å². The number of nitrogens with zero attached hydrogens (tertiary/aromatic N) is 3. The maximum Gasteiger partial charge on any atom is 0.153 e. The zero-order valence-electron chi connectivity index (χ0n) is 11.1. The Morgan fingerprint density at radius 2 is 1.90 bits per heavy atom. The summed E-state index contributed by atoms with van der Waals surface area (Å²) < 4.78 is 1.72. The number of hydrogen-bond acceptors (Lipinski definition) is 3. The van der Waals surface area contributed by atoms with E-state index in [1.807, 2.05) is 48.8 Å². The summed E-state index contributed by atoms with van der Waals surface area (Å²) in [6.07, 6.45) is 4.91. The van der Waals surface area contributed by atoms with Crippen LogP contribution in [0.25, 0.3) is 16.9 Å². The molecule has 100 valence electrons. The van der Waals surface area contributed by atoms with Crippen molar-refractivity contribution in [2.45, 2.75) is 13.0 Å². The van der Waals surface area contributed by atoms with Crippen LogP contribution in [0.2, 0.25) is 0 Å². The zero-order chi connectivity index (χ0) is 13.9. The van der Waals surface area contributed by atoms with Crippen molar-refractivity contribution in [1.29, 1.82) is 0 Å². The third kappa shape index (κ3) is 2.46. The van der Waals surface area contributed by atoms with E-state index in [4.69, 9.17) is 0 Å². The second-order valence-corrected chi connectivity index (χ2v) is 4.66. The van der Waals surface area contributed by atoms with Crippen LogP contribution in [-0.4, -0.2) is 19.9 Å². The van der Waals surface area contributed by atoms with E-state index in [-0.39, 0.29) is 0 Å². The number of hydrogen-bond donors (Lipinski definition) is 1. The zero-order valence-corrected chi connectivity index (χ0v) is 11.1. The molecule has 0 unspecified atom stereocenters. The van der Waals surface area contributed by atoms with Crippen LogP contribution in [0.5, 0.6) is 0 Å². The monoisotopic (exact) mass is 265 g/mol. The molecule has 0 amide bonds. The standard InChI is InChI=1S/C16H15N3O/c1-12(20)14-7-8-17-16(9-14)19-11-15(10-18-19)13-5-3-2-4-6-13/h2-12,20H,1H3/t12-/m0/s1. The van der Waals surface area contributed by atoms with Crippen molar-refractivity contribution in [1.82, 2.24) is 14.8 Å². The molecule has 20 heavy (non-hydrogen) atoms. The van der Waals surface area contributed by atoms with E-state index in [1.54, 1.807) is 23.9 Å². The molecule has 1 atom stereocenters. The van der Waals surface area contributed by atoms with Crippen molar-refractivity contribution >= 4 is 0 Å². The van der Waals surface area contributed by atoms with E-state index in [1.165, 1.54) is 0 Å². The molecule has 0 radical (unpaired) electrons. The molecule has 1 aromatic carbocycles. The number of aliphatic hydroxyl groups is 1. The van der Waals surface area contributed by atoms with E-state index in [0.29, 0.717) is 5.82 Å². The highest BCUT2D eigenvalue weighted by molar-refractivity contribution is 5.61. The number of aliphatic hydroxyl groups excluding tert-OH is 1. The molecule has 1 N–H and O–H groups in total. The molecule has 0 fully saturated rings. The van der Waals surface area contributed by atoms with Gasteiger partial charge in [0.2, 0.25) is 0 Å². The lowest BCUT2D eigenvalue weighted by Gasteiger charge is -2.06. The molecule has 0 aliphatic heterocycles. The molecule has 2 heterocycles. The van der Waals surface area contributed by atoms with Crippen LogP contribution in [-0.2, 0) is 0 Å². The van der Waals surface area contributed by atoms with Crippen LogP contribution < -0.4 is 0 Å². The molecule has 0 aliphatic rings. The Labute approximate surface area is 117 Å². The van der Waals surface area contributed by atoms with Crippen LogP contribution in [0.1, 0.15) is 18.6 Å². The van der Waals surface area contributed by atoms with E-state index in [2.05, 4.69) is 10.1 Å². The van der Waals surface area contributed by atoms with Crippen molar-refractivity contribution in [2.75, 3.05) is 0 Å². The van der Waals surface area contributed by atoms with Crippen LogP contribution in [0.15, 0.2) is 61.1 Å². The Morgan fingerprint density at radius 3 is 2.65 bits per heavy atom. The highest BCUT2D eigenvalue weighted by atomic mass is 16.3. The van der Waals surface area contributed by atoms with Gasteiger partial charge >= 0.3 is 0 Å². The van der Waals surface area contributed by atoms with Crippen LogP contribution in [0.4, 0.5) is 0 Å². The Hall–Kier alpha value is -2.46.